The summed E-state index contributed by atoms with van der Waals surface area (Å²) < 4.78 is 15.3. The molecule has 3 N–H and O–H groups in total. The Balaban J connectivity index is 2.00. The van der Waals surface area contributed by atoms with Crippen molar-refractivity contribution in [3.05, 3.63) is 35.9 Å². The van der Waals surface area contributed by atoms with E-state index in [1.165, 1.54) is 14.2 Å². The maximum absolute atomic E-state index is 14.1. The number of alkyl carbamates (subject to hydrolysis) is 1. The van der Waals surface area contributed by atoms with Gasteiger partial charge in [0.25, 0.3) is 0 Å². The molecule has 1 aromatic rings. The monoisotopic (exact) mass is 460 g/mol. The Labute approximate surface area is 193 Å². The van der Waals surface area contributed by atoms with Gasteiger partial charge in [-0.2, -0.15) is 0 Å². The molecule has 0 heterocycles. The van der Waals surface area contributed by atoms with Crippen molar-refractivity contribution in [1.29, 1.82) is 0 Å². The predicted octanol–water partition coefficient (Wildman–Crippen LogP) is 1.76. The third-order valence-electron chi connectivity index (χ3n) is 6.69. The molecule has 1 aromatic carbocycles. The Morgan fingerprint density at radius 1 is 1.12 bits per heavy atom. The van der Waals surface area contributed by atoms with Crippen LogP contribution in [0, 0.1) is 17.3 Å². The molecule has 0 bridgehead atoms. The second-order valence-corrected chi connectivity index (χ2v) is 9.73. The van der Waals surface area contributed by atoms with Crippen LogP contribution in [0.1, 0.15) is 39.2 Å². The number of hydrogen-bond donors (Lipinski definition) is 2. The van der Waals surface area contributed by atoms with Gasteiger partial charge in [-0.05, 0) is 51.5 Å². The fraction of sp³-hybridized carbons (Fsp3) is 0.583. The molecule has 1 amide bonds. The topological polar surface area (TPSA) is 134 Å². The maximum Gasteiger partial charge on any atom is 0.408 e. The van der Waals surface area contributed by atoms with Crippen molar-refractivity contribution in [3.8, 4) is 0 Å². The maximum atomic E-state index is 14.1. The third-order valence-corrected chi connectivity index (χ3v) is 6.69. The van der Waals surface area contributed by atoms with Crippen molar-refractivity contribution in [2.24, 2.45) is 23.0 Å². The van der Waals surface area contributed by atoms with Gasteiger partial charge in [0.2, 0.25) is 0 Å². The molecular weight excluding hydrogens is 428 g/mol. The molecule has 0 aliphatic heterocycles. The van der Waals surface area contributed by atoms with Crippen molar-refractivity contribution in [2.45, 2.75) is 57.2 Å². The van der Waals surface area contributed by atoms with Crippen molar-refractivity contribution >= 4 is 23.8 Å². The number of rotatable bonds is 7. The first-order valence-corrected chi connectivity index (χ1v) is 10.9. The van der Waals surface area contributed by atoms with Crippen LogP contribution in [0.25, 0.3) is 0 Å². The second-order valence-electron chi connectivity index (χ2n) is 9.73. The molecule has 9 heteroatoms. The first-order valence-electron chi connectivity index (χ1n) is 10.9. The molecule has 0 saturated heterocycles. The van der Waals surface area contributed by atoms with Crippen LogP contribution in [-0.4, -0.2) is 55.2 Å². The number of amides is 1. The lowest BCUT2D eigenvalue weighted by Gasteiger charge is -2.36. The molecule has 2 aliphatic carbocycles. The number of Topliss-reactive ketones (excluding diaryl/α,β-unsaturated/α-hetero) is 1. The summed E-state index contributed by atoms with van der Waals surface area (Å²) in [5, 5.41) is 2.63. The number of carbonyl (C=O) groups excluding carboxylic acids is 4. The fourth-order valence-corrected chi connectivity index (χ4v) is 5.24. The Hall–Kier alpha value is -2.94. The number of nitrogens with one attached hydrogen (secondary N) is 1. The van der Waals surface area contributed by atoms with E-state index in [0.717, 1.165) is 5.56 Å². The van der Waals surface area contributed by atoms with Crippen LogP contribution in [0.4, 0.5) is 4.79 Å². The minimum atomic E-state index is -1.79. The SMILES string of the molecule is COC(=O)[C@H]1[C@H]2CCC(C(=O)OC)(C(=O)[C@H](Cc3ccccc3)NC(=O)OC(C)(C)C)[C@]21N. The Kier molecular flexibility index (Phi) is 6.57. The summed E-state index contributed by atoms with van der Waals surface area (Å²) >= 11 is 0. The van der Waals surface area contributed by atoms with Gasteiger partial charge in [-0.1, -0.05) is 30.3 Å². The van der Waals surface area contributed by atoms with E-state index in [2.05, 4.69) is 5.32 Å². The standard InChI is InChI=1S/C24H32N2O7/c1-22(2,3)33-21(30)26-16(13-14-9-7-6-8-10-14)18(27)23(20(29)32-5)12-11-15-17(19(28)31-4)24(15,23)25/h6-10,15-17H,11-13,25H2,1-5H3,(H,26,30)/t15-,16+,17-,23?,24+/m1/s1. The number of ketones is 1. The van der Waals surface area contributed by atoms with Crippen molar-refractivity contribution in [1.82, 2.24) is 5.32 Å². The summed E-state index contributed by atoms with van der Waals surface area (Å²) in [5.74, 6) is -3.15. The van der Waals surface area contributed by atoms with Crippen molar-refractivity contribution in [2.75, 3.05) is 14.2 Å². The largest absolute Gasteiger partial charge is 0.469 e. The van der Waals surface area contributed by atoms with E-state index in [0.29, 0.717) is 6.42 Å². The Bertz CT molecular complexity index is 942. The van der Waals surface area contributed by atoms with Crippen LogP contribution in [0.15, 0.2) is 30.3 Å². The van der Waals surface area contributed by atoms with Gasteiger partial charge in [-0.3, -0.25) is 14.4 Å². The highest BCUT2D eigenvalue weighted by atomic mass is 16.6. The molecule has 0 aromatic heterocycles. The number of nitrogens with two attached hydrogens (primary N) is 1. The average Bonchev–Trinajstić information content (AvgIpc) is 3.24. The summed E-state index contributed by atoms with van der Waals surface area (Å²) in [4.78, 5) is 52.2. The van der Waals surface area contributed by atoms with E-state index in [1.807, 2.05) is 30.3 Å². The van der Waals surface area contributed by atoms with E-state index in [9.17, 15) is 19.2 Å². The third kappa shape index (κ3) is 4.21. The summed E-state index contributed by atoms with van der Waals surface area (Å²) in [6.45, 7) is 5.12. The molecule has 2 aliphatic rings. The second kappa shape index (κ2) is 8.78. The van der Waals surface area contributed by atoms with Gasteiger partial charge < -0.3 is 25.3 Å². The van der Waals surface area contributed by atoms with Crippen LogP contribution in [-0.2, 0) is 35.0 Å². The Morgan fingerprint density at radius 3 is 2.30 bits per heavy atom. The predicted molar refractivity (Wildman–Crippen MR) is 118 cm³/mol. The Morgan fingerprint density at radius 2 is 1.76 bits per heavy atom. The molecular formula is C24H32N2O7. The minimum absolute atomic E-state index is 0.112. The number of fused-ring (bicyclic) bond motifs is 1. The van der Waals surface area contributed by atoms with E-state index >= 15 is 0 Å². The van der Waals surface area contributed by atoms with Crippen LogP contribution in [0.3, 0.4) is 0 Å². The van der Waals surface area contributed by atoms with E-state index < -0.39 is 52.3 Å². The molecule has 33 heavy (non-hydrogen) atoms. The number of carbonyl (C=O) groups is 4. The molecule has 5 atom stereocenters. The summed E-state index contributed by atoms with van der Waals surface area (Å²) in [6, 6.07) is 7.95. The smallest absolute Gasteiger partial charge is 0.408 e. The number of esters is 2. The van der Waals surface area contributed by atoms with Crippen LogP contribution < -0.4 is 11.1 Å². The lowest BCUT2D eigenvalue weighted by atomic mass is 9.70. The van der Waals surface area contributed by atoms with Crippen LogP contribution in [0.5, 0.6) is 0 Å². The highest BCUT2D eigenvalue weighted by molar-refractivity contribution is 6.11. The molecule has 0 radical (unpaired) electrons. The van der Waals surface area contributed by atoms with Gasteiger partial charge in [0.05, 0.1) is 31.7 Å². The lowest BCUT2D eigenvalue weighted by molar-refractivity contribution is -0.162. The van der Waals surface area contributed by atoms with Crippen LogP contribution >= 0.6 is 0 Å². The lowest BCUT2D eigenvalue weighted by Crippen LogP contribution is -2.61. The van der Waals surface area contributed by atoms with E-state index in [1.54, 1.807) is 20.8 Å². The van der Waals surface area contributed by atoms with Gasteiger partial charge in [0.1, 0.15) is 11.0 Å². The van der Waals surface area contributed by atoms with Gasteiger partial charge in [0.15, 0.2) is 5.78 Å². The van der Waals surface area contributed by atoms with Gasteiger partial charge in [0, 0.05) is 0 Å². The molecule has 9 nitrogen and oxygen atoms in total. The van der Waals surface area contributed by atoms with Gasteiger partial charge >= 0.3 is 18.0 Å². The number of benzene rings is 1. The van der Waals surface area contributed by atoms with E-state index in [-0.39, 0.29) is 18.8 Å². The van der Waals surface area contributed by atoms with Crippen molar-refractivity contribution < 1.29 is 33.4 Å². The van der Waals surface area contributed by atoms with Crippen molar-refractivity contribution in [3.63, 3.8) is 0 Å². The molecule has 2 saturated carbocycles. The molecule has 180 valence electrons. The number of methoxy groups -OCH3 is 2. The summed E-state index contributed by atoms with van der Waals surface area (Å²) in [5.41, 5.74) is 3.38. The van der Waals surface area contributed by atoms with E-state index in [4.69, 9.17) is 19.9 Å². The average molecular weight is 461 g/mol. The first kappa shape index (κ1) is 24.7. The first-order chi connectivity index (χ1) is 15.4. The summed E-state index contributed by atoms with van der Waals surface area (Å²) in [7, 11) is 2.42. The zero-order valence-electron chi connectivity index (χ0n) is 19.7. The zero-order chi connectivity index (χ0) is 24.6. The molecule has 0 spiro atoms. The molecule has 2 fully saturated rings. The normalized spacial score (nSPS) is 28.8. The fourth-order valence-electron chi connectivity index (χ4n) is 5.24. The molecule has 1 unspecified atom stereocenters. The van der Waals surface area contributed by atoms with Gasteiger partial charge in [-0.25, -0.2) is 4.79 Å². The zero-order valence-corrected chi connectivity index (χ0v) is 19.7. The summed E-state index contributed by atoms with van der Waals surface area (Å²) in [6.07, 6.45) is -0.171. The number of hydrogen-bond acceptors (Lipinski definition) is 8. The number of ether oxygens (including phenoxy) is 3. The quantitative estimate of drug-likeness (QED) is 0.357. The highest BCUT2D eigenvalue weighted by Gasteiger charge is 2.84. The molecule has 3 rings (SSSR count). The van der Waals surface area contributed by atoms with Gasteiger partial charge in [-0.15, -0.1) is 0 Å². The minimum Gasteiger partial charge on any atom is -0.469 e. The highest BCUT2D eigenvalue weighted by Crippen LogP contribution is 2.69. The van der Waals surface area contributed by atoms with Crippen LogP contribution in [0.2, 0.25) is 0 Å².